The van der Waals surface area contributed by atoms with Crippen LogP contribution in [0.5, 0.6) is 0 Å². The quantitative estimate of drug-likeness (QED) is 0.623. The highest BCUT2D eigenvalue weighted by Crippen LogP contribution is 2.23. The highest BCUT2D eigenvalue weighted by atomic mass is 35.5. The van der Waals surface area contributed by atoms with Crippen LogP contribution in [0.25, 0.3) is 11.4 Å². The molecule has 150 valence electrons. The molecule has 9 heteroatoms. The third-order valence-corrected chi connectivity index (χ3v) is 4.65. The molecule has 0 saturated carbocycles. The molecule has 1 heterocycles. The summed E-state index contributed by atoms with van der Waals surface area (Å²) in [6.07, 6.45) is -0.999. The molecule has 8 nitrogen and oxygen atoms in total. The number of rotatable bonds is 6. The standard InChI is InChI=1S/C20H20ClN5O3/c1-12-7-9-15(10-8-12)19-23-25-26(24-19)11-18(27)29-14(3)20(28)22-17-6-4-5-16(21)13(17)2/h4-10,14H,11H2,1-3H3,(H,22,28)/t14-/m0/s1. The van der Waals surface area contributed by atoms with E-state index in [9.17, 15) is 9.59 Å². The summed E-state index contributed by atoms with van der Waals surface area (Å²) in [4.78, 5) is 25.6. The van der Waals surface area contributed by atoms with Crippen molar-refractivity contribution in [1.82, 2.24) is 20.2 Å². The minimum absolute atomic E-state index is 0.257. The van der Waals surface area contributed by atoms with Gasteiger partial charge in [-0.3, -0.25) is 4.79 Å². The lowest BCUT2D eigenvalue weighted by Gasteiger charge is -2.15. The summed E-state index contributed by atoms with van der Waals surface area (Å²) in [5.74, 6) is -0.709. The molecule has 2 aromatic carbocycles. The predicted molar refractivity (Wildman–Crippen MR) is 108 cm³/mol. The Balaban J connectivity index is 1.57. The average Bonchev–Trinajstić information content (AvgIpc) is 3.14. The molecule has 1 N–H and O–H groups in total. The largest absolute Gasteiger partial charge is 0.451 e. The monoisotopic (exact) mass is 413 g/mol. The third kappa shape index (κ3) is 5.17. The van der Waals surface area contributed by atoms with Gasteiger partial charge in [-0.1, -0.05) is 47.5 Å². The van der Waals surface area contributed by atoms with Crippen LogP contribution in [0.2, 0.25) is 5.02 Å². The summed E-state index contributed by atoms with van der Waals surface area (Å²) >= 11 is 6.05. The molecule has 0 aliphatic carbocycles. The van der Waals surface area contributed by atoms with Gasteiger partial charge in [0.25, 0.3) is 5.91 Å². The summed E-state index contributed by atoms with van der Waals surface area (Å²) < 4.78 is 5.18. The van der Waals surface area contributed by atoms with E-state index >= 15 is 0 Å². The Morgan fingerprint density at radius 1 is 1.17 bits per heavy atom. The van der Waals surface area contributed by atoms with Crippen molar-refractivity contribution in [2.45, 2.75) is 33.4 Å². The van der Waals surface area contributed by atoms with Crippen LogP contribution in [0.1, 0.15) is 18.1 Å². The summed E-state index contributed by atoms with van der Waals surface area (Å²) in [6.45, 7) is 5.00. The molecule has 0 spiro atoms. The maximum atomic E-state index is 12.3. The number of aromatic nitrogens is 4. The Labute approximate surface area is 172 Å². The topological polar surface area (TPSA) is 99.0 Å². The molecule has 0 saturated heterocycles. The summed E-state index contributed by atoms with van der Waals surface area (Å²) in [5, 5.41) is 15.2. The van der Waals surface area contributed by atoms with E-state index in [2.05, 4.69) is 20.7 Å². The molecule has 0 unspecified atom stereocenters. The minimum atomic E-state index is -0.999. The third-order valence-electron chi connectivity index (χ3n) is 4.24. The van der Waals surface area contributed by atoms with Gasteiger partial charge in [-0.15, -0.1) is 10.2 Å². The maximum Gasteiger partial charge on any atom is 0.330 e. The first-order valence-corrected chi connectivity index (χ1v) is 9.31. The molecular formula is C20H20ClN5O3. The summed E-state index contributed by atoms with van der Waals surface area (Å²) in [5.41, 5.74) is 3.20. The lowest BCUT2D eigenvalue weighted by molar-refractivity contribution is -0.154. The van der Waals surface area contributed by atoms with Gasteiger partial charge in [-0.2, -0.15) is 4.80 Å². The molecule has 3 rings (SSSR count). The summed E-state index contributed by atoms with van der Waals surface area (Å²) in [7, 11) is 0. The maximum absolute atomic E-state index is 12.3. The first-order valence-electron chi connectivity index (χ1n) is 8.94. The predicted octanol–water partition coefficient (Wildman–Crippen LogP) is 3.18. The van der Waals surface area contributed by atoms with Crippen molar-refractivity contribution in [2.75, 3.05) is 5.32 Å². The van der Waals surface area contributed by atoms with E-state index in [0.29, 0.717) is 16.5 Å². The van der Waals surface area contributed by atoms with E-state index in [1.165, 1.54) is 6.92 Å². The number of carbonyl (C=O) groups excluding carboxylic acids is 2. The van der Waals surface area contributed by atoms with Crippen molar-refractivity contribution in [3.63, 3.8) is 0 Å². The number of amides is 1. The van der Waals surface area contributed by atoms with Crippen LogP contribution < -0.4 is 5.32 Å². The fraction of sp³-hybridized carbons (Fsp3) is 0.250. The van der Waals surface area contributed by atoms with Crippen molar-refractivity contribution < 1.29 is 14.3 Å². The Hall–Kier alpha value is -3.26. The molecular weight excluding hydrogens is 394 g/mol. The molecule has 29 heavy (non-hydrogen) atoms. The van der Waals surface area contributed by atoms with Crippen molar-refractivity contribution in [2.24, 2.45) is 0 Å². The van der Waals surface area contributed by atoms with Gasteiger partial charge in [0.1, 0.15) is 0 Å². The van der Waals surface area contributed by atoms with Gasteiger partial charge in [-0.25, -0.2) is 4.79 Å². The van der Waals surface area contributed by atoms with E-state index in [1.807, 2.05) is 31.2 Å². The van der Waals surface area contributed by atoms with Crippen molar-refractivity contribution >= 4 is 29.2 Å². The number of esters is 1. The van der Waals surface area contributed by atoms with Crippen LogP contribution in [0.4, 0.5) is 5.69 Å². The van der Waals surface area contributed by atoms with Crippen LogP contribution in [0, 0.1) is 13.8 Å². The lowest BCUT2D eigenvalue weighted by Crippen LogP contribution is -2.31. The minimum Gasteiger partial charge on any atom is -0.451 e. The first-order chi connectivity index (χ1) is 13.8. The van der Waals surface area contributed by atoms with Gasteiger partial charge in [0, 0.05) is 16.3 Å². The van der Waals surface area contributed by atoms with E-state index in [-0.39, 0.29) is 6.54 Å². The van der Waals surface area contributed by atoms with Gasteiger partial charge in [-0.05, 0) is 43.7 Å². The molecule has 0 aliphatic rings. The second kappa shape index (κ2) is 8.83. The van der Waals surface area contributed by atoms with Gasteiger partial charge in [0.2, 0.25) is 5.82 Å². The van der Waals surface area contributed by atoms with E-state index in [1.54, 1.807) is 25.1 Å². The molecule has 0 fully saturated rings. The molecule has 0 radical (unpaired) electrons. The van der Waals surface area contributed by atoms with E-state index < -0.39 is 18.0 Å². The molecule has 0 aliphatic heterocycles. The Morgan fingerprint density at radius 3 is 2.62 bits per heavy atom. The van der Waals surface area contributed by atoms with Gasteiger partial charge >= 0.3 is 5.97 Å². The zero-order valence-corrected chi connectivity index (χ0v) is 17.0. The number of nitrogens with one attached hydrogen (secondary N) is 1. The SMILES string of the molecule is Cc1ccc(-c2nnn(CC(=O)O[C@@H](C)C(=O)Nc3cccc(Cl)c3C)n2)cc1. The average molecular weight is 414 g/mol. The number of carbonyl (C=O) groups is 2. The Morgan fingerprint density at radius 2 is 1.90 bits per heavy atom. The summed E-state index contributed by atoms with van der Waals surface area (Å²) in [6, 6.07) is 12.8. The second-order valence-corrected chi connectivity index (χ2v) is 6.95. The van der Waals surface area contributed by atoms with Crippen LogP contribution >= 0.6 is 11.6 Å². The zero-order chi connectivity index (χ0) is 21.0. The van der Waals surface area contributed by atoms with Gasteiger partial charge in [0.15, 0.2) is 12.6 Å². The van der Waals surface area contributed by atoms with Gasteiger partial charge in [0.05, 0.1) is 0 Å². The van der Waals surface area contributed by atoms with Crippen LogP contribution in [-0.2, 0) is 20.9 Å². The molecule has 1 aromatic heterocycles. The number of anilines is 1. The fourth-order valence-corrected chi connectivity index (χ4v) is 2.68. The molecule has 0 bridgehead atoms. The fourth-order valence-electron chi connectivity index (χ4n) is 2.51. The highest BCUT2D eigenvalue weighted by molar-refractivity contribution is 6.31. The number of benzene rings is 2. The van der Waals surface area contributed by atoms with Crippen LogP contribution in [0.15, 0.2) is 42.5 Å². The normalized spacial score (nSPS) is 11.7. The second-order valence-electron chi connectivity index (χ2n) is 6.54. The van der Waals surface area contributed by atoms with Gasteiger partial charge < -0.3 is 10.1 Å². The number of hydrogen-bond donors (Lipinski definition) is 1. The number of aryl methyl sites for hydroxylation is 1. The first kappa shape index (κ1) is 20.5. The van der Waals surface area contributed by atoms with Crippen molar-refractivity contribution in [3.05, 3.63) is 58.6 Å². The smallest absolute Gasteiger partial charge is 0.330 e. The van der Waals surface area contributed by atoms with Crippen LogP contribution in [0.3, 0.4) is 0 Å². The number of tetrazole rings is 1. The number of ether oxygens (including phenoxy) is 1. The Bertz CT molecular complexity index is 1030. The zero-order valence-electron chi connectivity index (χ0n) is 16.2. The highest BCUT2D eigenvalue weighted by Gasteiger charge is 2.20. The lowest BCUT2D eigenvalue weighted by atomic mass is 10.1. The number of nitrogens with zero attached hydrogens (tertiary/aromatic N) is 4. The molecule has 3 aromatic rings. The van der Waals surface area contributed by atoms with E-state index in [4.69, 9.17) is 16.3 Å². The van der Waals surface area contributed by atoms with Crippen molar-refractivity contribution in [1.29, 1.82) is 0 Å². The van der Waals surface area contributed by atoms with Crippen molar-refractivity contribution in [3.8, 4) is 11.4 Å². The molecule has 1 amide bonds. The van der Waals surface area contributed by atoms with Crippen LogP contribution in [-0.4, -0.2) is 38.2 Å². The van der Waals surface area contributed by atoms with E-state index in [0.717, 1.165) is 21.5 Å². The Kier molecular flexibility index (Phi) is 6.23. The number of hydrogen-bond acceptors (Lipinski definition) is 6. The number of halogens is 1. The molecule has 1 atom stereocenters.